The number of methoxy groups -OCH3 is 1. The Labute approximate surface area is 130 Å². The van der Waals surface area contributed by atoms with Crippen molar-refractivity contribution < 1.29 is 9.53 Å². The molecule has 0 fully saturated rings. The summed E-state index contributed by atoms with van der Waals surface area (Å²) in [6, 6.07) is 16.4. The molecule has 2 atom stereocenters. The summed E-state index contributed by atoms with van der Waals surface area (Å²) in [6.45, 7) is 0. The van der Waals surface area contributed by atoms with E-state index < -0.39 is 0 Å². The Morgan fingerprint density at radius 2 is 1.77 bits per heavy atom. The maximum atomic E-state index is 12.9. The normalized spacial score (nSPS) is 23.3. The summed E-state index contributed by atoms with van der Waals surface area (Å²) in [5.74, 6) is 0.0872. The zero-order valence-corrected chi connectivity index (χ0v) is 12.7. The molecule has 0 saturated carbocycles. The first-order valence-electron chi connectivity index (χ1n) is 7.83. The van der Waals surface area contributed by atoms with Crippen molar-refractivity contribution in [2.45, 2.75) is 31.5 Å². The van der Waals surface area contributed by atoms with Crippen LogP contribution in [0.2, 0.25) is 0 Å². The predicted molar refractivity (Wildman–Crippen MR) is 84.5 cm³/mol. The molecule has 0 spiro atoms. The fraction of sp³-hybridized carbons (Fsp3) is 0.316. The zero-order valence-electron chi connectivity index (χ0n) is 12.7. The molecule has 1 amide bonds. The van der Waals surface area contributed by atoms with Gasteiger partial charge in [0.25, 0.3) is 5.91 Å². The van der Waals surface area contributed by atoms with E-state index in [1.165, 1.54) is 11.1 Å². The van der Waals surface area contributed by atoms with Crippen molar-refractivity contribution in [2.24, 2.45) is 0 Å². The lowest BCUT2D eigenvalue weighted by Gasteiger charge is -2.36. The van der Waals surface area contributed by atoms with E-state index in [0.29, 0.717) is 0 Å². The van der Waals surface area contributed by atoms with Gasteiger partial charge in [-0.1, -0.05) is 42.5 Å². The summed E-state index contributed by atoms with van der Waals surface area (Å²) in [4.78, 5) is 14.9. The molecule has 112 valence electrons. The molecule has 1 aliphatic heterocycles. The molecule has 22 heavy (non-hydrogen) atoms. The maximum absolute atomic E-state index is 12.9. The maximum Gasteiger partial charge on any atom is 0.257 e. The summed E-state index contributed by atoms with van der Waals surface area (Å²) < 4.78 is 5.69. The third-order valence-corrected chi connectivity index (χ3v) is 4.84. The van der Waals surface area contributed by atoms with E-state index in [-0.39, 0.29) is 18.2 Å². The second kappa shape index (κ2) is 5.25. The summed E-state index contributed by atoms with van der Waals surface area (Å²) in [5, 5.41) is 0. The van der Waals surface area contributed by atoms with Crippen LogP contribution in [0.3, 0.4) is 0 Å². The molecule has 2 aromatic rings. The minimum Gasteiger partial charge on any atom is -0.357 e. The highest BCUT2D eigenvalue weighted by Crippen LogP contribution is 2.44. The first kappa shape index (κ1) is 13.5. The van der Waals surface area contributed by atoms with Gasteiger partial charge in [0.15, 0.2) is 6.23 Å². The Morgan fingerprint density at radius 3 is 2.59 bits per heavy atom. The van der Waals surface area contributed by atoms with Gasteiger partial charge in [-0.05, 0) is 36.5 Å². The van der Waals surface area contributed by atoms with Crippen LogP contribution >= 0.6 is 0 Å². The van der Waals surface area contributed by atoms with Crippen LogP contribution in [0.15, 0.2) is 48.5 Å². The van der Waals surface area contributed by atoms with Gasteiger partial charge in [-0.3, -0.25) is 4.79 Å². The molecular weight excluding hydrogens is 274 g/mol. The number of hydrogen-bond acceptors (Lipinski definition) is 2. The smallest absolute Gasteiger partial charge is 0.257 e. The topological polar surface area (TPSA) is 29.5 Å². The van der Waals surface area contributed by atoms with Gasteiger partial charge < -0.3 is 9.64 Å². The van der Waals surface area contributed by atoms with Crippen LogP contribution in [0.25, 0.3) is 0 Å². The number of carbonyl (C=O) groups is 1. The summed E-state index contributed by atoms with van der Waals surface area (Å²) in [6.07, 6.45) is 2.92. The van der Waals surface area contributed by atoms with Gasteiger partial charge in [-0.2, -0.15) is 0 Å². The number of amides is 1. The number of carbonyl (C=O) groups excluding carboxylic acids is 1. The standard InChI is InChI=1S/C19H19NO2/c1-22-19-16-11-5-4-10-15(16)18(21)20(19)17-12-6-8-13-7-2-3-9-14(13)17/h2-5,7,9-11,17,19H,6,8,12H2,1H3/t17-,19-/m0/s1. The molecule has 1 aliphatic carbocycles. The van der Waals surface area contributed by atoms with Crippen molar-refractivity contribution in [3.63, 3.8) is 0 Å². The molecular formula is C19H19NO2. The SMILES string of the molecule is CO[C@H]1c2ccccc2C(=O)N1[C@H]1CCCc2ccccc21. The van der Waals surface area contributed by atoms with Gasteiger partial charge in [0.2, 0.25) is 0 Å². The molecule has 3 nitrogen and oxygen atoms in total. The van der Waals surface area contributed by atoms with E-state index in [2.05, 4.69) is 24.3 Å². The number of fused-ring (bicyclic) bond motifs is 2. The van der Waals surface area contributed by atoms with Gasteiger partial charge in [0.1, 0.15) is 0 Å². The largest absolute Gasteiger partial charge is 0.357 e. The first-order chi connectivity index (χ1) is 10.8. The Morgan fingerprint density at radius 1 is 1.05 bits per heavy atom. The summed E-state index contributed by atoms with van der Waals surface area (Å²) in [5.41, 5.74) is 4.39. The molecule has 0 bridgehead atoms. The van der Waals surface area contributed by atoms with Crippen molar-refractivity contribution in [1.82, 2.24) is 4.90 Å². The van der Waals surface area contributed by atoms with Crippen LogP contribution in [-0.2, 0) is 11.2 Å². The molecule has 1 heterocycles. The molecule has 0 radical (unpaired) electrons. The highest BCUT2D eigenvalue weighted by Gasteiger charge is 2.42. The monoisotopic (exact) mass is 293 g/mol. The Kier molecular flexibility index (Phi) is 3.23. The third-order valence-electron chi connectivity index (χ3n) is 4.84. The molecule has 2 aliphatic rings. The molecule has 0 aromatic heterocycles. The Balaban J connectivity index is 1.80. The highest BCUT2D eigenvalue weighted by molar-refractivity contribution is 5.99. The Bertz CT molecular complexity index is 725. The number of aryl methyl sites for hydroxylation is 1. The Hall–Kier alpha value is -2.13. The van der Waals surface area contributed by atoms with Crippen LogP contribution in [0.4, 0.5) is 0 Å². The molecule has 2 aromatic carbocycles. The van der Waals surface area contributed by atoms with Crippen molar-refractivity contribution in [1.29, 1.82) is 0 Å². The van der Waals surface area contributed by atoms with Crippen LogP contribution < -0.4 is 0 Å². The van der Waals surface area contributed by atoms with E-state index in [0.717, 1.165) is 30.4 Å². The predicted octanol–water partition coefficient (Wildman–Crippen LogP) is 3.87. The fourth-order valence-corrected chi connectivity index (χ4v) is 3.87. The quantitative estimate of drug-likeness (QED) is 0.841. The first-order valence-corrected chi connectivity index (χ1v) is 7.83. The van der Waals surface area contributed by atoms with Crippen LogP contribution in [0.1, 0.15) is 52.2 Å². The number of nitrogens with zero attached hydrogens (tertiary/aromatic N) is 1. The van der Waals surface area contributed by atoms with E-state index in [1.807, 2.05) is 29.2 Å². The summed E-state index contributed by atoms with van der Waals surface area (Å²) in [7, 11) is 1.68. The van der Waals surface area contributed by atoms with Crippen molar-refractivity contribution in [3.8, 4) is 0 Å². The van der Waals surface area contributed by atoms with E-state index in [9.17, 15) is 4.79 Å². The lowest BCUT2D eigenvalue weighted by atomic mass is 9.87. The van der Waals surface area contributed by atoms with Crippen LogP contribution in [0, 0.1) is 0 Å². The van der Waals surface area contributed by atoms with Crippen molar-refractivity contribution in [3.05, 3.63) is 70.8 Å². The molecule has 0 N–H and O–H groups in total. The van der Waals surface area contributed by atoms with Crippen LogP contribution in [-0.4, -0.2) is 17.9 Å². The molecule has 0 unspecified atom stereocenters. The lowest BCUT2D eigenvalue weighted by Crippen LogP contribution is -2.35. The second-order valence-electron chi connectivity index (χ2n) is 5.99. The number of ether oxygens (including phenoxy) is 1. The van der Waals surface area contributed by atoms with E-state index in [1.54, 1.807) is 7.11 Å². The molecule has 3 heteroatoms. The number of benzene rings is 2. The summed E-state index contributed by atoms with van der Waals surface area (Å²) >= 11 is 0. The van der Waals surface area contributed by atoms with Gasteiger partial charge in [-0.15, -0.1) is 0 Å². The lowest BCUT2D eigenvalue weighted by molar-refractivity contribution is -0.0350. The number of hydrogen-bond donors (Lipinski definition) is 0. The van der Waals surface area contributed by atoms with E-state index >= 15 is 0 Å². The third kappa shape index (κ3) is 1.89. The number of rotatable bonds is 2. The van der Waals surface area contributed by atoms with Gasteiger partial charge in [-0.25, -0.2) is 0 Å². The highest BCUT2D eigenvalue weighted by atomic mass is 16.5. The molecule has 0 saturated heterocycles. The average molecular weight is 293 g/mol. The zero-order chi connectivity index (χ0) is 15.1. The molecule has 4 rings (SSSR count). The van der Waals surface area contributed by atoms with Crippen molar-refractivity contribution >= 4 is 5.91 Å². The minimum absolute atomic E-state index is 0.0872. The van der Waals surface area contributed by atoms with Gasteiger partial charge >= 0.3 is 0 Å². The fourth-order valence-electron chi connectivity index (χ4n) is 3.87. The minimum atomic E-state index is -0.278. The second-order valence-corrected chi connectivity index (χ2v) is 5.99. The average Bonchev–Trinajstić information content (AvgIpc) is 2.87. The van der Waals surface area contributed by atoms with E-state index in [4.69, 9.17) is 4.74 Å². The van der Waals surface area contributed by atoms with Gasteiger partial charge in [0.05, 0.1) is 6.04 Å². The van der Waals surface area contributed by atoms with Crippen molar-refractivity contribution in [2.75, 3.05) is 7.11 Å². The van der Waals surface area contributed by atoms with Gasteiger partial charge in [0, 0.05) is 18.2 Å². The van der Waals surface area contributed by atoms with Crippen LogP contribution in [0.5, 0.6) is 0 Å².